The number of anilines is 1. The molecule has 2 N–H and O–H groups in total. The van der Waals surface area contributed by atoms with E-state index in [2.05, 4.69) is 21.2 Å². The molecule has 0 bridgehead atoms. The molecule has 1 aliphatic heterocycles. The van der Waals surface area contributed by atoms with Gasteiger partial charge in [0, 0.05) is 17.6 Å². The molecule has 1 fully saturated rings. The first-order valence-electron chi connectivity index (χ1n) is 5.21. The van der Waals surface area contributed by atoms with E-state index in [0.29, 0.717) is 10.2 Å². The summed E-state index contributed by atoms with van der Waals surface area (Å²) in [5.74, 6) is -1.80. The van der Waals surface area contributed by atoms with Gasteiger partial charge in [-0.25, -0.2) is 9.18 Å². The Morgan fingerprint density at radius 2 is 2.11 bits per heavy atom. The van der Waals surface area contributed by atoms with Crippen molar-refractivity contribution in [1.29, 1.82) is 0 Å². The van der Waals surface area contributed by atoms with Gasteiger partial charge in [0.2, 0.25) is 0 Å². The second-order valence-corrected chi connectivity index (χ2v) is 4.85. The highest BCUT2D eigenvalue weighted by Crippen LogP contribution is 2.24. The van der Waals surface area contributed by atoms with Gasteiger partial charge in [-0.1, -0.05) is 0 Å². The maximum absolute atomic E-state index is 12.8. The van der Waals surface area contributed by atoms with Gasteiger partial charge in [0.25, 0.3) is 0 Å². The molecule has 0 saturated carbocycles. The number of nitrogens with zero attached hydrogens (tertiary/aromatic N) is 1. The van der Waals surface area contributed by atoms with Crippen LogP contribution in [-0.2, 0) is 4.79 Å². The second kappa shape index (κ2) is 4.93. The van der Waals surface area contributed by atoms with E-state index in [1.165, 1.54) is 23.1 Å². The Labute approximate surface area is 111 Å². The van der Waals surface area contributed by atoms with E-state index in [1.807, 2.05) is 0 Å². The Kier molecular flexibility index (Phi) is 3.51. The third-order valence-electron chi connectivity index (χ3n) is 2.69. The largest absolute Gasteiger partial charge is 0.481 e. The summed E-state index contributed by atoms with van der Waals surface area (Å²) in [6.45, 7) is 0.389. The lowest BCUT2D eigenvalue weighted by Crippen LogP contribution is -2.54. The van der Waals surface area contributed by atoms with E-state index in [4.69, 9.17) is 5.11 Å². The normalized spacial score (nSPS) is 15.1. The number of rotatable bonds is 2. The zero-order valence-electron chi connectivity index (χ0n) is 9.19. The molecule has 1 saturated heterocycles. The zero-order valence-corrected chi connectivity index (χ0v) is 10.8. The van der Waals surface area contributed by atoms with Crippen LogP contribution >= 0.6 is 15.9 Å². The van der Waals surface area contributed by atoms with Crippen LogP contribution in [0.5, 0.6) is 0 Å². The van der Waals surface area contributed by atoms with Crippen molar-refractivity contribution >= 4 is 33.6 Å². The van der Waals surface area contributed by atoms with Crippen LogP contribution in [0.1, 0.15) is 0 Å². The van der Waals surface area contributed by atoms with Gasteiger partial charge < -0.3 is 15.3 Å². The minimum absolute atomic E-state index is 0.194. The van der Waals surface area contributed by atoms with Crippen LogP contribution in [0.3, 0.4) is 0 Å². The van der Waals surface area contributed by atoms with Gasteiger partial charge >= 0.3 is 12.0 Å². The maximum Gasteiger partial charge on any atom is 0.321 e. The predicted octanol–water partition coefficient (Wildman–Crippen LogP) is 2.14. The lowest BCUT2D eigenvalue weighted by Gasteiger charge is -2.36. The number of carbonyl (C=O) groups is 2. The average molecular weight is 317 g/mol. The van der Waals surface area contributed by atoms with Gasteiger partial charge in [-0.15, -0.1) is 0 Å². The Morgan fingerprint density at radius 3 is 2.67 bits per heavy atom. The minimum Gasteiger partial charge on any atom is -0.481 e. The van der Waals surface area contributed by atoms with Crippen LogP contribution in [-0.4, -0.2) is 35.1 Å². The first-order chi connectivity index (χ1) is 8.47. The zero-order chi connectivity index (χ0) is 13.3. The number of halogens is 2. The summed E-state index contributed by atoms with van der Waals surface area (Å²) in [7, 11) is 0. The molecule has 0 atom stereocenters. The summed E-state index contributed by atoms with van der Waals surface area (Å²) >= 11 is 3.13. The monoisotopic (exact) mass is 316 g/mol. The number of urea groups is 1. The molecule has 96 valence electrons. The molecular formula is C11H10BrFN2O3. The number of benzene rings is 1. The minimum atomic E-state index is -0.901. The molecule has 1 aromatic rings. The SMILES string of the molecule is O=C(O)C1CN(C(=O)Nc2ccc(F)cc2Br)C1. The standard InChI is InChI=1S/C11H10BrFN2O3/c12-8-3-7(13)1-2-9(8)14-11(18)15-4-6(5-15)10(16)17/h1-3,6H,4-5H2,(H,14,18)(H,16,17). The lowest BCUT2D eigenvalue weighted by molar-refractivity contribution is -0.145. The molecule has 2 rings (SSSR count). The molecular weight excluding hydrogens is 307 g/mol. The molecule has 7 heteroatoms. The number of nitrogens with one attached hydrogen (secondary N) is 1. The molecule has 1 aliphatic rings. The molecule has 1 aromatic carbocycles. The number of carbonyl (C=O) groups excluding carboxylic acids is 1. The third-order valence-corrected chi connectivity index (χ3v) is 3.35. The summed E-state index contributed by atoms with van der Waals surface area (Å²) in [4.78, 5) is 23.7. The molecule has 1 heterocycles. The van der Waals surface area contributed by atoms with Gasteiger partial charge in [0.15, 0.2) is 0 Å². The van der Waals surface area contributed by atoms with E-state index >= 15 is 0 Å². The summed E-state index contributed by atoms with van der Waals surface area (Å²) in [5.41, 5.74) is 0.445. The Bertz CT molecular complexity index is 503. The second-order valence-electron chi connectivity index (χ2n) is 3.99. The van der Waals surface area contributed by atoms with E-state index in [1.54, 1.807) is 0 Å². The Morgan fingerprint density at radius 1 is 1.44 bits per heavy atom. The number of likely N-dealkylation sites (tertiary alicyclic amines) is 1. The molecule has 5 nitrogen and oxygen atoms in total. The molecule has 2 amide bonds. The fraction of sp³-hybridized carbons (Fsp3) is 0.273. The maximum atomic E-state index is 12.8. The van der Waals surface area contributed by atoms with Crippen molar-refractivity contribution in [2.75, 3.05) is 18.4 Å². The fourth-order valence-electron chi connectivity index (χ4n) is 1.59. The molecule has 0 aromatic heterocycles. The van der Waals surface area contributed by atoms with Crippen molar-refractivity contribution in [3.8, 4) is 0 Å². The summed E-state index contributed by atoms with van der Waals surface area (Å²) in [6, 6.07) is 3.52. The van der Waals surface area contributed by atoms with Crippen LogP contribution in [0.2, 0.25) is 0 Å². The Hall–Kier alpha value is -1.63. The van der Waals surface area contributed by atoms with Gasteiger partial charge in [0.1, 0.15) is 5.82 Å². The van der Waals surface area contributed by atoms with Crippen molar-refractivity contribution in [3.05, 3.63) is 28.5 Å². The van der Waals surface area contributed by atoms with Crippen molar-refractivity contribution < 1.29 is 19.1 Å². The number of carboxylic acid groups (broad SMARTS) is 1. The first-order valence-corrected chi connectivity index (χ1v) is 6.00. The quantitative estimate of drug-likeness (QED) is 0.878. The van der Waals surface area contributed by atoms with Crippen LogP contribution < -0.4 is 5.32 Å². The molecule has 0 unspecified atom stereocenters. The van der Waals surface area contributed by atoms with E-state index in [-0.39, 0.29) is 19.1 Å². The summed E-state index contributed by atoms with van der Waals surface area (Å²) in [6.07, 6.45) is 0. The number of hydrogen-bond acceptors (Lipinski definition) is 2. The van der Waals surface area contributed by atoms with Gasteiger partial charge in [0.05, 0.1) is 11.6 Å². The third kappa shape index (κ3) is 2.61. The highest BCUT2D eigenvalue weighted by atomic mass is 79.9. The summed E-state index contributed by atoms with van der Waals surface area (Å²) in [5, 5.41) is 11.3. The van der Waals surface area contributed by atoms with Crippen LogP contribution in [0.15, 0.2) is 22.7 Å². The van der Waals surface area contributed by atoms with Crippen molar-refractivity contribution in [3.63, 3.8) is 0 Å². The number of carboxylic acids is 1. The average Bonchev–Trinajstić information content (AvgIpc) is 2.19. The van der Waals surface area contributed by atoms with E-state index < -0.39 is 17.7 Å². The van der Waals surface area contributed by atoms with Crippen molar-refractivity contribution in [1.82, 2.24) is 4.90 Å². The topological polar surface area (TPSA) is 69.6 Å². The lowest BCUT2D eigenvalue weighted by atomic mass is 10.0. The van der Waals surface area contributed by atoms with Crippen LogP contribution in [0.4, 0.5) is 14.9 Å². The van der Waals surface area contributed by atoms with Crippen LogP contribution in [0, 0.1) is 11.7 Å². The smallest absolute Gasteiger partial charge is 0.321 e. The van der Waals surface area contributed by atoms with Gasteiger partial charge in [-0.2, -0.15) is 0 Å². The highest BCUT2D eigenvalue weighted by molar-refractivity contribution is 9.10. The summed E-state index contributed by atoms with van der Waals surface area (Å²) < 4.78 is 13.3. The first kappa shape index (κ1) is 12.8. The Balaban J connectivity index is 1.94. The molecule has 0 aliphatic carbocycles. The number of amides is 2. The number of aliphatic carboxylic acids is 1. The predicted molar refractivity (Wildman–Crippen MR) is 65.8 cm³/mol. The van der Waals surface area contributed by atoms with Crippen molar-refractivity contribution in [2.45, 2.75) is 0 Å². The van der Waals surface area contributed by atoms with Gasteiger partial charge in [-0.05, 0) is 34.1 Å². The van der Waals surface area contributed by atoms with Gasteiger partial charge in [-0.3, -0.25) is 4.79 Å². The van der Waals surface area contributed by atoms with Crippen LogP contribution in [0.25, 0.3) is 0 Å². The van der Waals surface area contributed by atoms with E-state index in [9.17, 15) is 14.0 Å². The van der Waals surface area contributed by atoms with E-state index in [0.717, 1.165) is 0 Å². The molecule has 18 heavy (non-hydrogen) atoms. The number of hydrogen-bond donors (Lipinski definition) is 2. The van der Waals surface area contributed by atoms with Crippen molar-refractivity contribution in [2.24, 2.45) is 5.92 Å². The highest BCUT2D eigenvalue weighted by Gasteiger charge is 2.35. The fourth-order valence-corrected chi connectivity index (χ4v) is 2.04. The molecule has 0 spiro atoms. The molecule has 0 radical (unpaired) electrons.